The van der Waals surface area contributed by atoms with E-state index in [1.807, 2.05) is 0 Å². The Labute approximate surface area is 255 Å². The number of aliphatic hydroxyl groups excluding tert-OH is 2. The van der Waals surface area contributed by atoms with E-state index in [1.54, 1.807) is 23.1 Å². The highest BCUT2D eigenvalue weighted by Crippen LogP contribution is 2.39. The number of alkyl halides is 5. The molecule has 0 radical (unpaired) electrons. The van der Waals surface area contributed by atoms with Gasteiger partial charge in [-0.1, -0.05) is 24.0 Å². The predicted molar refractivity (Wildman–Crippen MR) is 160 cm³/mol. The predicted octanol–water partition coefficient (Wildman–Crippen LogP) is 4.36. The van der Waals surface area contributed by atoms with Gasteiger partial charge in [-0.25, -0.2) is 17.2 Å². The lowest BCUT2D eigenvalue weighted by Crippen LogP contribution is -2.50. The molecule has 2 heterocycles. The first-order valence-corrected chi connectivity index (χ1v) is 16.3. The second-order valence-corrected chi connectivity index (χ2v) is 13.4. The molecule has 8 nitrogen and oxygen atoms in total. The molecule has 1 aliphatic heterocycles. The Kier molecular flexibility index (Phi) is 11.0. The van der Waals surface area contributed by atoms with E-state index in [-0.39, 0.29) is 46.4 Å². The first kappa shape index (κ1) is 33.7. The monoisotopic (exact) mass is 661 g/mol. The number of hydrogen-bond donors (Lipinski definition) is 4. The van der Waals surface area contributed by atoms with Gasteiger partial charge >= 0.3 is 6.18 Å². The highest BCUT2D eigenvalue weighted by molar-refractivity contribution is 7.90. The normalized spacial score (nSPS) is 18.5. The van der Waals surface area contributed by atoms with Crippen molar-refractivity contribution in [3.63, 3.8) is 0 Å². The van der Waals surface area contributed by atoms with E-state index in [1.165, 1.54) is 12.1 Å². The molecule has 4 rings (SSSR count). The number of fused-ring (bicyclic) bond motifs is 1. The molecule has 3 aromatic rings. The third-order valence-electron chi connectivity index (χ3n) is 7.00. The number of rotatable bonds is 11. The zero-order valence-corrected chi connectivity index (χ0v) is 25.3. The number of piperidine rings is 1. The Balaban J connectivity index is 1.56. The van der Waals surface area contributed by atoms with Crippen LogP contribution in [-0.4, -0.2) is 93.9 Å². The van der Waals surface area contributed by atoms with Gasteiger partial charge in [0.05, 0.1) is 57.6 Å². The molecular formula is C29H32F5N3O5S2. The number of sulfone groups is 1. The fraction of sp³-hybridized carbons (Fsp3) is 0.448. The number of halogens is 5. The summed E-state index contributed by atoms with van der Waals surface area (Å²) in [4.78, 5) is 1.82. The lowest BCUT2D eigenvalue weighted by molar-refractivity contribution is -0.126. The molecule has 4 N–H and O–H groups in total. The summed E-state index contributed by atoms with van der Waals surface area (Å²) in [6.07, 6.45) is -6.64. The Morgan fingerprint density at radius 3 is 2.66 bits per heavy atom. The zero-order chi connectivity index (χ0) is 32.1. The van der Waals surface area contributed by atoms with Crippen LogP contribution >= 0.6 is 11.3 Å². The van der Waals surface area contributed by atoms with Gasteiger partial charge in [0.25, 0.3) is 0 Å². The topological polar surface area (TPSA) is 111 Å². The molecule has 1 aromatic heterocycles. The van der Waals surface area contributed by atoms with Crippen LogP contribution in [0, 0.1) is 11.8 Å². The maximum Gasteiger partial charge on any atom is 0.393 e. The van der Waals surface area contributed by atoms with Crippen molar-refractivity contribution in [1.82, 2.24) is 4.90 Å². The summed E-state index contributed by atoms with van der Waals surface area (Å²) in [6.45, 7) is -1.07. The van der Waals surface area contributed by atoms with Gasteiger partial charge in [-0.2, -0.15) is 13.2 Å². The third-order valence-corrected chi connectivity index (χ3v) is 9.31. The van der Waals surface area contributed by atoms with Gasteiger partial charge in [0.15, 0.2) is 9.84 Å². The summed E-state index contributed by atoms with van der Waals surface area (Å²) in [5.74, 6) is 5.51. The van der Waals surface area contributed by atoms with Gasteiger partial charge in [-0.15, -0.1) is 11.3 Å². The van der Waals surface area contributed by atoms with Crippen LogP contribution in [0.1, 0.15) is 16.9 Å². The smallest absolute Gasteiger partial charge is 0.393 e. The van der Waals surface area contributed by atoms with Crippen LogP contribution in [0.4, 0.5) is 33.3 Å². The van der Waals surface area contributed by atoms with E-state index in [0.717, 1.165) is 23.7 Å². The molecule has 44 heavy (non-hydrogen) atoms. The minimum absolute atomic E-state index is 0.00258. The van der Waals surface area contributed by atoms with Crippen molar-refractivity contribution in [2.24, 2.45) is 0 Å². The van der Waals surface area contributed by atoms with Crippen molar-refractivity contribution >= 4 is 42.6 Å². The number of thiophene rings is 1. The fourth-order valence-electron chi connectivity index (χ4n) is 4.93. The van der Waals surface area contributed by atoms with Crippen LogP contribution in [0.5, 0.6) is 5.75 Å². The third kappa shape index (κ3) is 8.72. The molecule has 2 aromatic carbocycles. The van der Waals surface area contributed by atoms with E-state index in [4.69, 9.17) is 9.84 Å². The molecule has 15 heteroatoms. The number of nitrogens with zero attached hydrogens (tertiary/aromatic N) is 1. The van der Waals surface area contributed by atoms with Crippen molar-refractivity contribution in [1.29, 1.82) is 0 Å². The summed E-state index contributed by atoms with van der Waals surface area (Å²) < 4.78 is 97.8. The number of anilines is 2. The van der Waals surface area contributed by atoms with Gasteiger partial charge < -0.3 is 25.6 Å². The van der Waals surface area contributed by atoms with Gasteiger partial charge in [0, 0.05) is 32.0 Å². The van der Waals surface area contributed by atoms with Gasteiger partial charge in [0.1, 0.15) is 11.9 Å². The summed E-state index contributed by atoms with van der Waals surface area (Å²) >= 11 is 1.06. The Bertz CT molecular complexity index is 1620. The van der Waals surface area contributed by atoms with Gasteiger partial charge in [-0.05, 0) is 35.6 Å². The number of likely N-dealkylation sites (tertiary alicyclic amines) is 1. The summed E-state index contributed by atoms with van der Waals surface area (Å²) in [5, 5.41) is 25.1. The van der Waals surface area contributed by atoms with E-state index in [0.29, 0.717) is 28.7 Å². The molecule has 1 saturated heterocycles. The molecule has 3 atom stereocenters. The number of β-amino-alcohol motifs (C(OH)–C–C–N with tert-alkyl or cyclic N) is 1. The molecule has 3 unspecified atom stereocenters. The quantitative estimate of drug-likeness (QED) is 0.177. The van der Waals surface area contributed by atoms with E-state index in [9.17, 15) is 31.1 Å². The van der Waals surface area contributed by atoms with Gasteiger partial charge in [0.2, 0.25) is 6.86 Å². The second-order valence-electron chi connectivity index (χ2n) is 10.4. The molecule has 0 bridgehead atoms. The van der Waals surface area contributed by atoms with Crippen molar-refractivity contribution in [2.45, 2.75) is 42.2 Å². The molecule has 1 fully saturated rings. The molecule has 240 valence electrons. The molecule has 0 saturated carbocycles. The minimum Gasteiger partial charge on any atom is -0.461 e. The maximum absolute atomic E-state index is 15.1. The average Bonchev–Trinajstić information content (AvgIpc) is 3.29. The molecular weight excluding hydrogens is 629 g/mol. The molecule has 0 aliphatic carbocycles. The lowest BCUT2D eigenvalue weighted by atomic mass is 10.0. The van der Waals surface area contributed by atoms with Crippen molar-refractivity contribution in [2.75, 3.05) is 56.5 Å². The van der Waals surface area contributed by atoms with Crippen LogP contribution in [0.3, 0.4) is 0 Å². The van der Waals surface area contributed by atoms with Crippen LogP contribution in [-0.2, 0) is 16.3 Å². The molecule has 1 aliphatic rings. The van der Waals surface area contributed by atoms with Crippen molar-refractivity contribution < 1.29 is 45.3 Å². The average molecular weight is 662 g/mol. The molecule has 0 spiro atoms. The number of hydrogen-bond acceptors (Lipinski definition) is 9. The number of ether oxygens (including phenoxy) is 1. The van der Waals surface area contributed by atoms with Gasteiger partial charge in [-0.3, -0.25) is 4.90 Å². The lowest BCUT2D eigenvalue weighted by Gasteiger charge is -2.36. The summed E-state index contributed by atoms with van der Waals surface area (Å²) in [5.41, 5.74) is 0.732. The Morgan fingerprint density at radius 1 is 1.23 bits per heavy atom. The number of nitrogens with one attached hydrogen (secondary N) is 2. The largest absolute Gasteiger partial charge is 0.461 e. The Morgan fingerprint density at radius 2 is 2.00 bits per heavy atom. The van der Waals surface area contributed by atoms with Crippen LogP contribution in [0.2, 0.25) is 0 Å². The maximum atomic E-state index is 15.1. The van der Waals surface area contributed by atoms with E-state index in [2.05, 4.69) is 22.5 Å². The van der Waals surface area contributed by atoms with Crippen LogP contribution in [0.15, 0.2) is 41.3 Å². The summed E-state index contributed by atoms with van der Waals surface area (Å²) in [6, 6.07) is 8.09. The summed E-state index contributed by atoms with van der Waals surface area (Å²) in [7, 11) is -3.57. The zero-order valence-electron chi connectivity index (χ0n) is 23.6. The first-order chi connectivity index (χ1) is 20.8. The highest BCUT2D eigenvalue weighted by Gasteiger charge is 2.33. The Hall–Kier alpha value is -3.16. The SMILES string of the molecule is CS(=O)(=O)c1ccc(NCC#Cc2sc3c(NC4CCN(CC(O)CO)CC4F)cccc3c2CC(F)(F)F)c(OCF)c1. The number of benzene rings is 2. The number of aliphatic hydroxyl groups is 2. The highest BCUT2D eigenvalue weighted by atomic mass is 32.2. The van der Waals surface area contributed by atoms with Crippen LogP contribution < -0.4 is 15.4 Å². The fourth-order valence-corrected chi connectivity index (χ4v) is 6.74. The van der Waals surface area contributed by atoms with Crippen LogP contribution in [0.25, 0.3) is 10.1 Å². The van der Waals surface area contributed by atoms with Crippen molar-refractivity contribution in [3.8, 4) is 17.6 Å². The van der Waals surface area contributed by atoms with Crippen molar-refractivity contribution in [3.05, 3.63) is 46.8 Å². The molecule has 0 amide bonds. The first-order valence-electron chi connectivity index (χ1n) is 13.6. The standard InChI is InChI=1S/C29H32F5N3O5S2/c1-44(40,41)19-7-8-24(26(12-19)42-17-30)35-10-3-6-27-21(13-29(32,33)34)20-4-2-5-25(28(20)43-27)36-23-9-11-37(15-22(23)31)14-18(39)16-38/h2,4-5,7-8,12,18,22-23,35-36,38-39H,9-11,13-17H2,1H3. The second kappa shape index (κ2) is 14.3. The van der Waals surface area contributed by atoms with E-state index >= 15 is 4.39 Å². The van der Waals surface area contributed by atoms with E-state index < -0.39 is 54.2 Å². The minimum atomic E-state index is -4.51.